The molecular formula is C7H15N. The van der Waals surface area contributed by atoms with Crippen molar-refractivity contribution in [3.8, 4) is 0 Å². The topological polar surface area (TPSA) is 12.0 Å². The fourth-order valence-electron chi connectivity index (χ4n) is 0.422. The average Bonchev–Trinajstić information content (AvgIpc) is 1.66. The van der Waals surface area contributed by atoms with Crippen LogP contribution >= 0.6 is 0 Å². The minimum atomic E-state index is 0.603. The van der Waals surface area contributed by atoms with E-state index in [2.05, 4.69) is 31.3 Å². The zero-order valence-electron chi connectivity index (χ0n) is 5.94. The minimum absolute atomic E-state index is 0.603. The van der Waals surface area contributed by atoms with Gasteiger partial charge in [-0.15, -0.1) is 0 Å². The van der Waals surface area contributed by atoms with Crippen molar-refractivity contribution in [3.63, 3.8) is 0 Å². The Morgan fingerprint density at radius 2 is 2.12 bits per heavy atom. The second kappa shape index (κ2) is 4.85. The molecule has 0 spiro atoms. The number of rotatable bonds is 3. The van der Waals surface area contributed by atoms with Crippen molar-refractivity contribution in [1.82, 2.24) is 5.32 Å². The number of allylic oxidation sites excluding steroid dienone is 1. The lowest BCUT2D eigenvalue weighted by Gasteiger charge is -2.02. The maximum absolute atomic E-state index is 3.26. The Labute approximate surface area is 51.8 Å². The number of nitrogens with one attached hydrogen (secondary N) is 1. The maximum Gasteiger partial charge on any atom is 0.0137 e. The van der Waals surface area contributed by atoms with Crippen molar-refractivity contribution >= 4 is 0 Å². The summed E-state index contributed by atoms with van der Waals surface area (Å²) in [6.07, 6.45) is 4.16. The molecule has 0 radical (unpaired) electrons. The quantitative estimate of drug-likeness (QED) is 0.548. The van der Waals surface area contributed by atoms with Crippen molar-refractivity contribution in [2.24, 2.45) is 0 Å². The minimum Gasteiger partial charge on any atom is -0.311 e. The zero-order valence-corrected chi connectivity index (χ0v) is 5.94. The van der Waals surface area contributed by atoms with Crippen LogP contribution in [0.4, 0.5) is 0 Å². The van der Waals surface area contributed by atoms with E-state index in [0.717, 1.165) is 6.54 Å². The molecule has 0 fully saturated rings. The summed E-state index contributed by atoms with van der Waals surface area (Å²) in [6.45, 7) is 7.31. The molecule has 0 saturated heterocycles. The first-order chi connectivity index (χ1) is 3.77. The van der Waals surface area contributed by atoms with Gasteiger partial charge in [0.15, 0.2) is 0 Å². The lowest BCUT2D eigenvalue weighted by atomic mass is 10.4. The third-order valence-corrected chi connectivity index (χ3v) is 0.880. The van der Waals surface area contributed by atoms with E-state index in [1.54, 1.807) is 0 Å². The Balaban J connectivity index is 2.93. The van der Waals surface area contributed by atoms with Gasteiger partial charge in [0.05, 0.1) is 0 Å². The maximum atomic E-state index is 3.26. The SMILES string of the molecule is C/C=C/CNC(C)C. The van der Waals surface area contributed by atoms with Crippen LogP contribution in [0.5, 0.6) is 0 Å². The summed E-state index contributed by atoms with van der Waals surface area (Å²) in [5.41, 5.74) is 0. The molecular weight excluding hydrogens is 98.1 g/mol. The number of hydrogen-bond acceptors (Lipinski definition) is 1. The molecule has 0 aliphatic heterocycles. The molecule has 1 heteroatoms. The first-order valence-electron chi connectivity index (χ1n) is 3.12. The summed E-state index contributed by atoms with van der Waals surface area (Å²) in [7, 11) is 0. The molecule has 0 aromatic rings. The van der Waals surface area contributed by atoms with E-state index < -0.39 is 0 Å². The van der Waals surface area contributed by atoms with Crippen molar-refractivity contribution in [1.29, 1.82) is 0 Å². The van der Waals surface area contributed by atoms with E-state index >= 15 is 0 Å². The van der Waals surface area contributed by atoms with E-state index in [9.17, 15) is 0 Å². The summed E-state index contributed by atoms with van der Waals surface area (Å²) >= 11 is 0. The van der Waals surface area contributed by atoms with Gasteiger partial charge < -0.3 is 5.32 Å². The third-order valence-electron chi connectivity index (χ3n) is 0.880. The van der Waals surface area contributed by atoms with E-state index in [1.165, 1.54) is 0 Å². The predicted octanol–water partition coefficient (Wildman–Crippen LogP) is 1.56. The summed E-state index contributed by atoms with van der Waals surface area (Å²) in [4.78, 5) is 0. The lowest BCUT2D eigenvalue weighted by Crippen LogP contribution is -2.22. The Bertz CT molecular complexity index is 64.8. The molecule has 0 unspecified atom stereocenters. The molecule has 0 rings (SSSR count). The van der Waals surface area contributed by atoms with E-state index in [4.69, 9.17) is 0 Å². The molecule has 8 heavy (non-hydrogen) atoms. The standard InChI is InChI=1S/C7H15N/c1-4-5-6-8-7(2)3/h4-5,7-8H,6H2,1-3H3/b5-4+. The molecule has 0 aliphatic carbocycles. The molecule has 0 heterocycles. The van der Waals surface area contributed by atoms with Crippen LogP contribution < -0.4 is 5.32 Å². The molecule has 1 nitrogen and oxygen atoms in total. The van der Waals surface area contributed by atoms with Gasteiger partial charge in [0.2, 0.25) is 0 Å². The molecule has 0 bridgehead atoms. The van der Waals surface area contributed by atoms with Crippen LogP contribution in [-0.4, -0.2) is 12.6 Å². The molecule has 0 aromatic heterocycles. The van der Waals surface area contributed by atoms with Crippen LogP contribution in [0.3, 0.4) is 0 Å². The first kappa shape index (κ1) is 7.70. The summed E-state index contributed by atoms with van der Waals surface area (Å²) in [5.74, 6) is 0. The highest BCUT2D eigenvalue weighted by atomic mass is 14.9. The summed E-state index contributed by atoms with van der Waals surface area (Å²) in [6, 6.07) is 0.603. The van der Waals surface area contributed by atoms with Gasteiger partial charge in [0.25, 0.3) is 0 Å². The molecule has 0 saturated carbocycles. The van der Waals surface area contributed by atoms with Gasteiger partial charge in [-0.05, 0) is 6.92 Å². The van der Waals surface area contributed by atoms with Crippen molar-refractivity contribution in [3.05, 3.63) is 12.2 Å². The normalized spacial score (nSPS) is 11.5. The van der Waals surface area contributed by atoms with Gasteiger partial charge in [-0.1, -0.05) is 26.0 Å². The Morgan fingerprint density at radius 3 is 2.50 bits per heavy atom. The Hall–Kier alpha value is -0.300. The predicted molar refractivity (Wildman–Crippen MR) is 38.0 cm³/mol. The van der Waals surface area contributed by atoms with Gasteiger partial charge in [0.1, 0.15) is 0 Å². The second-order valence-corrected chi connectivity index (χ2v) is 2.13. The van der Waals surface area contributed by atoms with Crippen LogP contribution in [0, 0.1) is 0 Å². The second-order valence-electron chi connectivity index (χ2n) is 2.13. The molecule has 0 aromatic carbocycles. The molecule has 0 amide bonds. The lowest BCUT2D eigenvalue weighted by molar-refractivity contribution is 0.632. The highest BCUT2D eigenvalue weighted by Gasteiger charge is 1.84. The van der Waals surface area contributed by atoms with Crippen LogP contribution in [0.1, 0.15) is 20.8 Å². The first-order valence-corrected chi connectivity index (χ1v) is 3.12. The fourth-order valence-corrected chi connectivity index (χ4v) is 0.422. The Kier molecular flexibility index (Phi) is 4.67. The van der Waals surface area contributed by atoms with Gasteiger partial charge >= 0.3 is 0 Å². The third kappa shape index (κ3) is 5.70. The average molecular weight is 113 g/mol. The highest BCUT2D eigenvalue weighted by molar-refractivity contribution is 4.79. The smallest absolute Gasteiger partial charge is 0.0137 e. The van der Waals surface area contributed by atoms with Gasteiger partial charge in [0, 0.05) is 12.6 Å². The highest BCUT2D eigenvalue weighted by Crippen LogP contribution is 1.74. The Morgan fingerprint density at radius 1 is 1.50 bits per heavy atom. The van der Waals surface area contributed by atoms with Crippen molar-refractivity contribution in [2.75, 3.05) is 6.54 Å². The van der Waals surface area contributed by atoms with E-state index in [0.29, 0.717) is 6.04 Å². The molecule has 0 atom stereocenters. The van der Waals surface area contributed by atoms with E-state index in [-0.39, 0.29) is 0 Å². The molecule has 1 N–H and O–H groups in total. The number of hydrogen-bond donors (Lipinski definition) is 1. The molecule has 48 valence electrons. The largest absolute Gasteiger partial charge is 0.311 e. The summed E-state index contributed by atoms with van der Waals surface area (Å²) in [5, 5.41) is 3.26. The van der Waals surface area contributed by atoms with Gasteiger partial charge in [-0.3, -0.25) is 0 Å². The van der Waals surface area contributed by atoms with Crippen molar-refractivity contribution in [2.45, 2.75) is 26.8 Å². The summed E-state index contributed by atoms with van der Waals surface area (Å²) < 4.78 is 0. The van der Waals surface area contributed by atoms with Gasteiger partial charge in [-0.25, -0.2) is 0 Å². The zero-order chi connectivity index (χ0) is 6.41. The van der Waals surface area contributed by atoms with E-state index in [1.807, 2.05) is 6.92 Å². The van der Waals surface area contributed by atoms with Crippen LogP contribution in [0.15, 0.2) is 12.2 Å². The van der Waals surface area contributed by atoms with Crippen LogP contribution in [0.25, 0.3) is 0 Å². The van der Waals surface area contributed by atoms with Crippen LogP contribution in [0.2, 0.25) is 0 Å². The monoisotopic (exact) mass is 113 g/mol. The van der Waals surface area contributed by atoms with Crippen molar-refractivity contribution < 1.29 is 0 Å². The fraction of sp³-hybridized carbons (Fsp3) is 0.714. The van der Waals surface area contributed by atoms with Crippen LogP contribution in [-0.2, 0) is 0 Å². The molecule has 0 aliphatic rings. The van der Waals surface area contributed by atoms with Gasteiger partial charge in [-0.2, -0.15) is 0 Å².